The lowest BCUT2D eigenvalue weighted by Crippen LogP contribution is -2.58. The number of hydrogen-bond acceptors (Lipinski definition) is 5. The summed E-state index contributed by atoms with van der Waals surface area (Å²) in [7, 11) is 0. The third-order valence-electron chi connectivity index (χ3n) is 4.10. The van der Waals surface area contributed by atoms with Crippen LogP contribution < -0.4 is 5.32 Å². The number of hydrogen-bond donors (Lipinski definition) is 6. The van der Waals surface area contributed by atoms with Crippen molar-refractivity contribution in [1.82, 2.24) is 10.3 Å². The Morgan fingerprint density at radius 1 is 1.23 bits per heavy atom. The minimum atomic E-state index is -1.61. The van der Waals surface area contributed by atoms with Crippen molar-refractivity contribution >= 4 is 22.8 Å². The largest absolute Gasteiger partial charge is 0.504 e. The van der Waals surface area contributed by atoms with E-state index in [1.807, 2.05) is 0 Å². The Kier molecular flexibility index (Phi) is 2.83. The first-order valence-electron chi connectivity index (χ1n) is 6.55. The van der Waals surface area contributed by atoms with Crippen LogP contribution in [0.1, 0.15) is 18.2 Å². The Hall–Kier alpha value is -2.74. The normalized spacial score (nSPS) is 24.1. The van der Waals surface area contributed by atoms with Gasteiger partial charge >= 0.3 is 11.9 Å². The second kappa shape index (κ2) is 4.38. The zero-order valence-electron chi connectivity index (χ0n) is 11.5. The molecular weight excluding hydrogens is 292 g/mol. The van der Waals surface area contributed by atoms with E-state index in [0.717, 1.165) is 0 Å². The number of nitrogens with one attached hydrogen (secondary N) is 2. The number of carboxylic acid groups (broad SMARTS) is 2. The molecule has 0 bridgehead atoms. The van der Waals surface area contributed by atoms with Crippen LogP contribution in [0.25, 0.3) is 10.9 Å². The maximum Gasteiger partial charge on any atom is 0.329 e. The van der Waals surface area contributed by atoms with E-state index in [1.54, 1.807) is 0 Å². The fourth-order valence-corrected chi connectivity index (χ4v) is 2.91. The second-order valence-electron chi connectivity index (χ2n) is 5.53. The number of benzene rings is 1. The van der Waals surface area contributed by atoms with Crippen molar-refractivity contribution in [1.29, 1.82) is 0 Å². The molecule has 2 heterocycles. The number of aromatic amines is 1. The average Bonchev–Trinajstić information content (AvgIpc) is 2.78. The van der Waals surface area contributed by atoms with E-state index in [2.05, 4.69) is 10.3 Å². The van der Waals surface area contributed by atoms with E-state index in [0.29, 0.717) is 22.2 Å². The van der Waals surface area contributed by atoms with Gasteiger partial charge in [-0.3, -0.25) is 10.1 Å². The number of aromatic nitrogens is 1. The van der Waals surface area contributed by atoms with Gasteiger partial charge in [0.2, 0.25) is 0 Å². The summed E-state index contributed by atoms with van der Waals surface area (Å²) in [6.45, 7) is 1.37. The lowest BCUT2D eigenvalue weighted by molar-refractivity contribution is -0.148. The molecule has 1 aliphatic heterocycles. The van der Waals surface area contributed by atoms with Crippen LogP contribution in [0.4, 0.5) is 0 Å². The molecule has 22 heavy (non-hydrogen) atoms. The molecule has 0 aliphatic carbocycles. The first kappa shape index (κ1) is 14.2. The van der Waals surface area contributed by atoms with E-state index in [4.69, 9.17) is 0 Å². The molecule has 1 aromatic heterocycles. The third-order valence-corrected chi connectivity index (χ3v) is 4.10. The van der Waals surface area contributed by atoms with E-state index in [9.17, 15) is 30.0 Å². The fraction of sp³-hybridized carbons (Fsp3) is 0.286. The number of phenolic OH excluding ortho intramolecular Hbond substituents is 2. The van der Waals surface area contributed by atoms with Crippen LogP contribution in [0.3, 0.4) is 0 Å². The molecule has 0 fully saturated rings. The molecule has 0 spiro atoms. The summed E-state index contributed by atoms with van der Waals surface area (Å²) in [5, 5.41) is 41.0. The maximum atomic E-state index is 11.6. The van der Waals surface area contributed by atoms with E-state index < -0.39 is 23.5 Å². The highest BCUT2D eigenvalue weighted by atomic mass is 16.4. The van der Waals surface area contributed by atoms with Crippen LogP contribution in [0.5, 0.6) is 11.5 Å². The van der Waals surface area contributed by atoms with Gasteiger partial charge in [0, 0.05) is 23.4 Å². The Bertz CT molecular complexity index is 811. The Labute approximate surface area is 124 Å². The highest BCUT2D eigenvalue weighted by molar-refractivity contribution is 5.93. The zero-order chi connectivity index (χ0) is 16.2. The summed E-state index contributed by atoms with van der Waals surface area (Å²) in [6.07, 6.45) is 0.0672. The van der Waals surface area contributed by atoms with E-state index in [1.165, 1.54) is 19.1 Å². The number of H-pyrrole nitrogens is 1. The number of fused-ring (bicyclic) bond motifs is 3. The molecule has 0 unspecified atom stereocenters. The Morgan fingerprint density at radius 3 is 2.45 bits per heavy atom. The van der Waals surface area contributed by atoms with Crippen molar-refractivity contribution in [3.63, 3.8) is 0 Å². The minimum absolute atomic E-state index is 0.0672. The van der Waals surface area contributed by atoms with Gasteiger partial charge in [-0.05, 0) is 18.6 Å². The van der Waals surface area contributed by atoms with Gasteiger partial charge in [-0.2, -0.15) is 0 Å². The Morgan fingerprint density at radius 2 is 1.86 bits per heavy atom. The number of carboxylic acids is 2. The van der Waals surface area contributed by atoms with Crippen LogP contribution in [0.15, 0.2) is 12.1 Å². The average molecular weight is 306 g/mol. The predicted molar refractivity (Wildman–Crippen MR) is 74.9 cm³/mol. The fourth-order valence-electron chi connectivity index (χ4n) is 2.91. The topological polar surface area (TPSA) is 143 Å². The van der Waals surface area contributed by atoms with Crippen molar-refractivity contribution in [2.45, 2.75) is 24.9 Å². The predicted octanol–water partition coefficient (Wildman–Crippen LogP) is 0.478. The Balaban J connectivity index is 2.31. The highest BCUT2D eigenvalue weighted by Gasteiger charge is 2.46. The molecule has 0 radical (unpaired) electrons. The van der Waals surface area contributed by atoms with Gasteiger partial charge in [-0.15, -0.1) is 0 Å². The van der Waals surface area contributed by atoms with Gasteiger partial charge in [-0.1, -0.05) is 0 Å². The van der Waals surface area contributed by atoms with Crippen LogP contribution in [0, 0.1) is 0 Å². The van der Waals surface area contributed by atoms with Crippen molar-refractivity contribution in [2.75, 3.05) is 0 Å². The first-order chi connectivity index (χ1) is 10.2. The molecular formula is C14H14N2O6. The zero-order valence-corrected chi connectivity index (χ0v) is 11.5. The molecule has 3 rings (SSSR count). The molecule has 2 atom stereocenters. The molecule has 1 aromatic carbocycles. The van der Waals surface area contributed by atoms with Crippen LogP contribution in [0.2, 0.25) is 0 Å². The summed E-state index contributed by atoms with van der Waals surface area (Å²) in [5.41, 5.74) is -0.361. The number of aliphatic carboxylic acids is 2. The van der Waals surface area contributed by atoms with Crippen molar-refractivity contribution in [2.24, 2.45) is 0 Å². The van der Waals surface area contributed by atoms with Gasteiger partial charge in [-0.25, -0.2) is 4.79 Å². The second-order valence-corrected chi connectivity index (χ2v) is 5.53. The molecule has 0 amide bonds. The molecule has 0 saturated carbocycles. The summed E-state index contributed by atoms with van der Waals surface area (Å²) >= 11 is 0. The van der Waals surface area contributed by atoms with Crippen molar-refractivity contribution in [3.05, 3.63) is 23.4 Å². The molecule has 8 heteroatoms. The number of aromatic hydroxyl groups is 2. The third kappa shape index (κ3) is 1.81. The molecule has 2 aromatic rings. The van der Waals surface area contributed by atoms with Crippen molar-refractivity contribution < 1.29 is 30.0 Å². The highest BCUT2D eigenvalue weighted by Crippen LogP contribution is 2.39. The molecule has 0 saturated heterocycles. The summed E-state index contributed by atoms with van der Waals surface area (Å²) in [4.78, 5) is 25.9. The lowest BCUT2D eigenvalue weighted by atomic mass is 9.85. The van der Waals surface area contributed by atoms with Gasteiger partial charge in [0.05, 0.1) is 5.69 Å². The van der Waals surface area contributed by atoms with Crippen LogP contribution in [-0.4, -0.2) is 43.4 Å². The molecule has 8 nitrogen and oxygen atoms in total. The quantitative estimate of drug-likeness (QED) is 0.443. The minimum Gasteiger partial charge on any atom is -0.504 e. The van der Waals surface area contributed by atoms with Crippen LogP contribution in [-0.2, 0) is 21.5 Å². The summed E-state index contributed by atoms with van der Waals surface area (Å²) in [6, 6.07) is 1.51. The standard InChI is InChI=1S/C14H14N2O6/c1-14(13(21)22)11-6(2-8(16-14)12(19)20)5-3-9(17)10(18)4-7(5)15-11/h3-4,8,15-18H,2H2,1H3,(H,19,20)(H,21,22)/t8-,14-/m0/s1. The monoisotopic (exact) mass is 306 g/mol. The summed E-state index contributed by atoms with van der Waals surface area (Å²) < 4.78 is 0. The molecule has 116 valence electrons. The number of carbonyl (C=O) groups is 2. The van der Waals surface area contributed by atoms with Crippen molar-refractivity contribution in [3.8, 4) is 11.5 Å². The van der Waals surface area contributed by atoms with Gasteiger partial charge in [0.25, 0.3) is 0 Å². The number of phenols is 2. The van der Waals surface area contributed by atoms with E-state index >= 15 is 0 Å². The van der Waals surface area contributed by atoms with Crippen LogP contribution >= 0.6 is 0 Å². The number of rotatable bonds is 2. The lowest BCUT2D eigenvalue weighted by Gasteiger charge is -2.34. The summed E-state index contributed by atoms with van der Waals surface area (Å²) in [5.74, 6) is -3.07. The first-order valence-corrected chi connectivity index (χ1v) is 6.55. The smallest absolute Gasteiger partial charge is 0.329 e. The van der Waals surface area contributed by atoms with Gasteiger partial charge < -0.3 is 25.4 Å². The molecule has 6 N–H and O–H groups in total. The molecule has 1 aliphatic rings. The SMILES string of the molecule is C[C@]1(C(=O)O)N[C@H](C(=O)O)Cc2c1[nH]c1cc(O)c(O)cc21. The van der Waals surface area contributed by atoms with E-state index in [-0.39, 0.29) is 17.9 Å². The maximum absolute atomic E-state index is 11.6. The van der Waals surface area contributed by atoms with Gasteiger partial charge in [0.15, 0.2) is 17.0 Å². The van der Waals surface area contributed by atoms with Gasteiger partial charge in [0.1, 0.15) is 6.04 Å².